The number of carboxylic acid groups (broad SMARTS) is 1. The lowest BCUT2D eigenvalue weighted by atomic mass is 9.82. The molecule has 4 heteroatoms. The Kier molecular flexibility index (Phi) is 2.78. The first-order valence-corrected chi connectivity index (χ1v) is 6.41. The van der Waals surface area contributed by atoms with Gasteiger partial charge in [0.05, 0.1) is 16.1 Å². The zero-order chi connectivity index (χ0) is 11.9. The molecule has 88 valence electrons. The number of hydrogen-bond acceptors (Lipinski definition) is 3. The fourth-order valence-corrected chi connectivity index (χ4v) is 3.15. The number of thiazole rings is 1. The van der Waals surface area contributed by atoms with Crippen molar-refractivity contribution in [3.8, 4) is 0 Å². The Morgan fingerprint density at radius 3 is 2.56 bits per heavy atom. The number of nitrogens with zero attached hydrogens (tertiary/aromatic N) is 1. The first-order valence-electron chi connectivity index (χ1n) is 5.60. The predicted molar refractivity (Wildman–Crippen MR) is 63.8 cm³/mol. The lowest BCUT2D eigenvalue weighted by molar-refractivity contribution is -0.149. The van der Waals surface area contributed by atoms with Gasteiger partial charge in [-0.2, -0.15) is 0 Å². The van der Waals surface area contributed by atoms with Gasteiger partial charge in [0.2, 0.25) is 0 Å². The smallest absolute Gasteiger partial charge is 0.310 e. The molecule has 1 aromatic rings. The van der Waals surface area contributed by atoms with Crippen molar-refractivity contribution >= 4 is 17.3 Å². The van der Waals surface area contributed by atoms with E-state index in [1.807, 2.05) is 20.8 Å². The van der Waals surface area contributed by atoms with E-state index in [0.29, 0.717) is 12.3 Å². The Labute approximate surface area is 99.5 Å². The third-order valence-corrected chi connectivity index (χ3v) is 4.63. The van der Waals surface area contributed by atoms with E-state index in [1.54, 1.807) is 11.3 Å². The molecule has 2 rings (SSSR count). The zero-order valence-electron chi connectivity index (χ0n) is 9.91. The summed E-state index contributed by atoms with van der Waals surface area (Å²) in [7, 11) is 0. The number of rotatable bonds is 4. The average Bonchev–Trinajstić information content (AvgIpc) is 2.96. The molecular formula is C12H17NO2S. The number of aromatic nitrogens is 1. The molecule has 1 fully saturated rings. The molecule has 1 heterocycles. The molecular weight excluding hydrogens is 222 g/mol. The molecule has 0 saturated heterocycles. The molecule has 1 saturated carbocycles. The standard InChI is InChI=1S/C12H17NO2S/c1-7-8(2)16-10(13-7)6-12(3,11(14)15)9-4-5-9/h9H,4-6H2,1-3H3,(H,14,15). The predicted octanol–water partition coefficient (Wildman–Crippen LogP) is 2.80. The average molecular weight is 239 g/mol. The molecule has 0 amide bonds. The van der Waals surface area contributed by atoms with E-state index in [-0.39, 0.29) is 0 Å². The first kappa shape index (κ1) is 11.6. The quantitative estimate of drug-likeness (QED) is 0.879. The summed E-state index contributed by atoms with van der Waals surface area (Å²) >= 11 is 1.63. The van der Waals surface area contributed by atoms with Crippen LogP contribution in [0.3, 0.4) is 0 Å². The van der Waals surface area contributed by atoms with Gasteiger partial charge in [-0.15, -0.1) is 11.3 Å². The van der Waals surface area contributed by atoms with Gasteiger partial charge < -0.3 is 5.11 Å². The first-order chi connectivity index (χ1) is 7.43. The third kappa shape index (κ3) is 1.98. The summed E-state index contributed by atoms with van der Waals surface area (Å²) < 4.78 is 0. The van der Waals surface area contributed by atoms with Crippen molar-refractivity contribution in [1.29, 1.82) is 0 Å². The van der Waals surface area contributed by atoms with Crippen LogP contribution in [-0.4, -0.2) is 16.1 Å². The van der Waals surface area contributed by atoms with Crippen LogP contribution in [0.2, 0.25) is 0 Å². The van der Waals surface area contributed by atoms with Crippen LogP contribution < -0.4 is 0 Å². The van der Waals surface area contributed by atoms with Crippen molar-refractivity contribution in [1.82, 2.24) is 4.98 Å². The normalized spacial score (nSPS) is 19.4. The molecule has 1 atom stereocenters. The monoisotopic (exact) mass is 239 g/mol. The maximum absolute atomic E-state index is 11.4. The van der Waals surface area contributed by atoms with Crippen LogP contribution in [0.4, 0.5) is 0 Å². The molecule has 1 unspecified atom stereocenters. The van der Waals surface area contributed by atoms with Gasteiger partial charge >= 0.3 is 5.97 Å². The van der Waals surface area contributed by atoms with E-state index in [9.17, 15) is 9.90 Å². The van der Waals surface area contributed by atoms with Crippen molar-refractivity contribution in [3.05, 3.63) is 15.6 Å². The van der Waals surface area contributed by atoms with Crippen LogP contribution in [0.5, 0.6) is 0 Å². The Bertz CT molecular complexity index is 403. The van der Waals surface area contributed by atoms with Crippen molar-refractivity contribution in [2.45, 2.75) is 40.0 Å². The van der Waals surface area contributed by atoms with Gasteiger partial charge in [-0.05, 0) is 39.5 Å². The van der Waals surface area contributed by atoms with Crippen LogP contribution >= 0.6 is 11.3 Å². The molecule has 0 aliphatic heterocycles. The minimum absolute atomic E-state index is 0.342. The minimum atomic E-state index is -0.680. The van der Waals surface area contributed by atoms with E-state index in [0.717, 1.165) is 23.5 Å². The number of carboxylic acids is 1. The summed E-state index contributed by atoms with van der Waals surface area (Å²) in [4.78, 5) is 17.0. The van der Waals surface area contributed by atoms with Crippen molar-refractivity contribution in [2.24, 2.45) is 11.3 Å². The summed E-state index contributed by atoms with van der Waals surface area (Å²) in [5.41, 5.74) is 0.417. The Balaban J connectivity index is 2.20. The minimum Gasteiger partial charge on any atom is -0.481 e. The number of carbonyl (C=O) groups is 1. The highest BCUT2D eigenvalue weighted by atomic mass is 32.1. The highest BCUT2D eigenvalue weighted by molar-refractivity contribution is 7.11. The Hall–Kier alpha value is -0.900. The summed E-state index contributed by atoms with van der Waals surface area (Å²) in [5, 5.41) is 10.3. The van der Waals surface area contributed by atoms with Crippen LogP contribution in [0.25, 0.3) is 0 Å². The molecule has 1 aromatic heterocycles. The third-order valence-electron chi connectivity index (χ3n) is 3.56. The van der Waals surface area contributed by atoms with Gasteiger partial charge in [-0.1, -0.05) is 0 Å². The lowest BCUT2D eigenvalue weighted by Gasteiger charge is -2.23. The Morgan fingerprint density at radius 1 is 1.56 bits per heavy atom. The van der Waals surface area contributed by atoms with Gasteiger partial charge in [-0.3, -0.25) is 4.79 Å². The fourth-order valence-electron chi connectivity index (χ4n) is 2.04. The largest absolute Gasteiger partial charge is 0.481 e. The van der Waals surface area contributed by atoms with Gasteiger partial charge in [0.1, 0.15) is 0 Å². The van der Waals surface area contributed by atoms with E-state index >= 15 is 0 Å². The number of aliphatic carboxylic acids is 1. The van der Waals surface area contributed by atoms with Crippen LogP contribution in [-0.2, 0) is 11.2 Å². The number of hydrogen-bond donors (Lipinski definition) is 1. The molecule has 1 aliphatic carbocycles. The van der Waals surface area contributed by atoms with Gasteiger partial charge in [0, 0.05) is 11.3 Å². The second kappa shape index (κ2) is 3.84. The zero-order valence-corrected chi connectivity index (χ0v) is 10.7. The molecule has 0 aromatic carbocycles. The van der Waals surface area contributed by atoms with E-state index < -0.39 is 11.4 Å². The molecule has 16 heavy (non-hydrogen) atoms. The summed E-state index contributed by atoms with van der Waals surface area (Å²) in [6.45, 7) is 5.87. The Morgan fingerprint density at radius 2 is 2.19 bits per heavy atom. The lowest BCUT2D eigenvalue weighted by Crippen LogP contribution is -2.32. The van der Waals surface area contributed by atoms with Crippen molar-refractivity contribution < 1.29 is 9.90 Å². The molecule has 0 radical (unpaired) electrons. The summed E-state index contributed by atoms with van der Waals surface area (Å²) in [6, 6.07) is 0. The van der Waals surface area contributed by atoms with Crippen LogP contribution in [0, 0.1) is 25.2 Å². The summed E-state index contributed by atoms with van der Waals surface area (Å²) in [5.74, 6) is -0.338. The maximum Gasteiger partial charge on any atom is 0.310 e. The fraction of sp³-hybridized carbons (Fsp3) is 0.667. The second-order valence-electron chi connectivity index (χ2n) is 4.92. The SMILES string of the molecule is Cc1nc(CC(C)(C(=O)O)C2CC2)sc1C. The van der Waals surface area contributed by atoms with E-state index in [1.165, 1.54) is 4.88 Å². The molecule has 0 spiro atoms. The van der Waals surface area contributed by atoms with Gasteiger partial charge in [-0.25, -0.2) is 4.98 Å². The number of aryl methyl sites for hydroxylation is 2. The van der Waals surface area contributed by atoms with Crippen LogP contribution in [0.15, 0.2) is 0 Å². The van der Waals surface area contributed by atoms with Gasteiger partial charge in [0.15, 0.2) is 0 Å². The van der Waals surface area contributed by atoms with E-state index in [2.05, 4.69) is 4.98 Å². The molecule has 1 aliphatic rings. The van der Waals surface area contributed by atoms with Crippen molar-refractivity contribution in [2.75, 3.05) is 0 Å². The maximum atomic E-state index is 11.4. The van der Waals surface area contributed by atoms with E-state index in [4.69, 9.17) is 0 Å². The van der Waals surface area contributed by atoms with Gasteiger partial charge in [0.25, 0.3) is 0 Å². The second-order valence-corrected chi connectivity index (χ2v) is 6.21. The van der Waals surface area contributed by atoms with Crippen LogP contribution in [0.1, 0.15) is 35.3 Å². The molecule has 0 bridgehead atoms. The molecule has 1 N–H and O–H groups in total. The highest BCUT2D eigenvalue weighted by Gasteiger charge is 2.47. The molecule has 3 nitrogen and oxygen atoms in total. The summed E-state index contributed by atoms with van der Waals surface area (Å²) in [6.07, 6.45) is 2.67. The highest BCUT2D eigenvalue weighted by Crippen LogP contribution is 2.47. The van der Waals surface area contributed by atoms with Crippen molar-refractivity contribution in [3.63, 3.8) is 0 Å². The topological polar surface area (TPSA) is 50.2 Å².